The first-order valence-corrected chi connectivity index (χ1v) is 5.13. The fourth-order valence-electron chi connectivity index (χ4n) is 2.29. The van der Waals surface area contributed by atoms with Gasteiger partial charge in [0.25, 0.3) is 0 Å². The lowest BCUT2D eigenvalue weighted by Gasteiger charge is -2.32. The molecule has 0 spiro atoms. The van der Waals surface area contributed by atoms with Crippen molar-refractivity contribution in [2.45, 2.75) is 25.9 Å². The van der Waals surface area contributed by atoms with Crippen molar-refractivity contribution in [2.24, 2.45) is 5.92 Å². The zero-order valence-corrected chi connectivity index (χ0v) is 8.25. The first-order chi connectivity index (χ1) is 6.40. The van der Waals surface area contributed by atoms with Gasteiger partial charge in [0.05, 0.1) is 12.6 Å². The molecular weight excluding hydrogens is 162 g/mol. The Kier molecular flexibility index (Phi) is 2.87. The van der Waals surface area contributed by atoms with Crippen molar-refractivity contribution in [3.05, 3.63) is 0 Å². The van der Waals surface area contributed by atoms with E-state index in [9.17, 15) is 0 Å². The summed E-state index contributed by atoms with van der Waals surface area (Å²) in [5.41, 5.74) is 0. The van der Waals surface area contributed by atoms with Crippen molar-refractivity contribution in [1.29, 1.82) is 0 Å². The fraction of sp³-hybridized carbons (Fsp3) is 0.818. The van der Waals surface area contributed by atoms with Crippen molar-refractivity contribution in [1.82, 2.24) is 4.90 Å². The number of nitrogens with zero attached hydrogens (tertiary/aromatic N) is 1. The third kappa shape index (κ3) is 2.04. The highest BCUT2D eigenvalue weighted by molar-refractivity contribution is 4.99. The second kappa shape index (κ2) is 4.13. The van der Waals surface area contributed by atoms with Crippen LogP contribution in [0.25, 0.3) is 0 Å². The van der Waals surface area contributed by atoms with Crippen LogP contribution in [0.5, 0.6) is 0 Å². The predicted molar refractivity (Wildman–Crippen MR) is 52.4 cm³/mol. The fourth-order valence-corrected chi connectivity index (χ4v) is 2.29. The van der Waals surface area contributed by atoms with E-state index < -0.39 is 0 Å². The van der Waals surface area contributed by atoms with Gasteiger partial charge in [-0.15, -0.1) is 5.92 Å². The van der Waals surface area contributed by atoms with Crippen LogP contribution >= 0.6 is 0 Å². The normalized spacial score (nSPS) is 33.6. The van der Waals surface area contributed by atoms with Gasteiger partial charge in [0, 0.05) is 25.6 Å². The summed E-state index contributed by atoms with van der Waals surface area (Å²) in [6, 6.07) is 0. The predicted octanol–water partition coefficient (Wildman–Crippen LogP) is 1.12. The summed E-state index contributed by atoms with van der Waals surface area (Å²) in [6.45, 7) is 6.18. The van der Waals surface area contributed by atoms with Crippen molar-refractivity contribution < 1.29 is 4.74 Å². The Balaban J connectivity index is 1.85. The van der Waals surface area contributed by atoms with Gasteiger partial charge in [0.1, 0.15) is 0 Å². The van der Waals surface area contributed by atoms with Crippen LogP contribution in [0.4, 0.5) is 0 Å². The van der Waals surface area contributed by atoms with Crippen LogP contribution in [-0.2, 0) is 4.74 Å². The van der Waals surface area contributed by atoms with Crippen molar-refractivity contribution >= 4 is 0 Å². The van der Waals surface area contributed by atoms with E-state index in [0.717, 1.165) is 25.6 Å². The molecule has 2 nitrogen and oxygen atoms in total. The molecule has 13 heavy (non-hydrogen) atoms. The minimum atomic E-state index is 0.561. The molecule has 0 aromatic rings. The maximum absolute atomic E-state index is 5.65. The molecule has 0 amide bonds. The molecule has 0 radical (unpaired) electrons. The van der Waals surface area contributed by atoms with Gasteiger partial charge in [-0.05, 0) is 19.8 Å². The van der Waals surface area contributed by atoms with E-state index >= 15 is 0 Å². The van der Waals surface area contributed by atoms with E-state index in [1.165, 1.54) is 19.4 Å². The third-order valence-corrected chi connectivity index (χ3v) is 3.05. The zero-order chi connectivity index (χ0) is 9.10. The smallest absolute Gasteiger partial charge is 0.0628 e. The average molecular weight is 179 g/mol. The van der Waals surface area contributed by atoms with Gasteiger partial charge in [-0.3, -0.25) is 4.90 Å². The second-order valence-corrected chi connectivity index (χ2v) is 3.91. The van der Waals surface area contributed by atoms with Crippen LogP contribution in [0.15, 0.2) is 0 Å². The Hall–Kier alpha value is -0.520. The summed E-state index contributed by atoms with van der Waals surface area (Å²) in [7, 11) is 0. The lowest BCUT2D eigenvalue weighted by atomic mass is 9.94. The molecule has 2 aliphatic rings. The highest BCUT2D eigenvalue weighted by Gasteiger charge is 2.33. The van der Waals surface area contributed by atoms with Crippen molar-refractivity contribution in [2.75, 3.05) is 26.2 Å². The topological polar surface area (TPSA) is 12.5 Å². The minimum absolute atomic E-state index is 0.561. The summed E-state index contributed by atoms with van der Waals surface area (Å²) in [5.74, 6) is 6.87. The van der Waals surface area contributed by atoms with Crippen LogP contribution in [-0.4, -0.2) is 37.2 Å². The largest absolute Gasteiger partial charge is 0.378 e. The van der Waals surface area contributed by atoms with E-state index in [-0.39, 0.29) is 0 Å². The van der Waals surface area contributed by atoms with Gasteiger partial charge in [0.2, 0.25) is 0 Å². The number of hydrogen-bond acceptors (Lipinski definition) is 2. The van der Waals surface area contributed by atoms with Crippen LogP contribution in [0.2, 0.25) is 0 Å². The van der Waals surface area contributed by atoms with Gasteiger partial charge in [-0.25, -0.2) is 0 Å². The second-order valence-electron chi connectivity index (χ2n) is 3.91. The molecule has 0 bridgehead atoms. The highest BCUT2D eigenvalue weighted by Crippen LogP contribution is 2.28. The Morgan fingerprint density at radius 1 is 1.46 bits per heavy atom. The Labute approximate surface area is 80.2 Å². The molecule has 2 saturated heterocycles. The van der Waals surface area contributed by atoms with Gasteiger partial charge in [0.15, 0.2) is 0 Å². The molecule has 2 heteroatoms. The van der Waals surface area contributed by atoms with Crippen LogP contribution < -0.4 is 0 Å². The number of piperidine rings is 1. The first kappa shape index (κ1) is 9.05. The molecule has 0 saturated carbocycles. The molecule has 2 aliphatic heterocycles. The number of rotatable bonds is 1. The standard InChI is InChI=1S/C11H17NO/c1-2-3-6-12-7-4-11-10(9-12)5-8-13-11/h10-11H,4-9H2,1H3. The Morgan fingerprint density at radius 3 is 3.23 bits per heavy atom. The molecule has 0 N–H and O–H groups in total. The lowest BCUT2D eigenvalue weighted by Crippen LogP contribution is -2.41. The van der Waals surface area contributed by atoms with Gasteiger partial charge >= 0.3 is 0 Å². The summed E-state index contributed by atoms with van der Waals surface area (Å²) in [5, 5.41) is 0. The molecule has 2 heterocycles. The Bertz CT molecular complexity index is 228. The SMILES string of the molecule is CC#CCN1CCC2OCCC2C1. The van der Waals surface area contributed by atoms with Crippen LogP contribution in [0.1, 0.15) is 19.8 Å². The van der Waals surface area contributed by atoms with Gasteiger partial charge in [-0.2, -0.15) is 0 Å². The van der Waals surface area contributed by atoms with Gasteiger partial charge < -0.3 is 4.74 Å². The molecule has 0 aromatic heterocycles. The summed E-state index contributed by atoms with van der Waals surface area (Å²) in [6.07, 6.45) is 3.02. The van der Waals surface area contributed by atoms with E-state index in [0.29, 0.717) is 6.10 Å². The maximum Gasteiger partial charge on any atom is 0.0628 e. The lowest BCUT2D eigenvalue weighted by molar-refractivity contribution is 0.0393. The number of likely N-dealkylation sites (tertiary alicyclic amines) is 1. The highest BCUT2D eigenvalue weighted by atomic mass is 16.5. The molecule has 72 valence electrons. The third-order valence-electron chi connectivity index (χ3n) is 3.05. The number of ether oxygens (including phenoxy) is 1. The summed E-state index contributed by atoms with van der Waals surface area (Å²) < 4.78 is 5.65. The first-order valence-electron chi connectivity index (χ1n) is 5.13. The molecule has 2 rings (SSSR count). The minimum Gasteiger partial charge on any atom is -0.378 e. The average Bonchev–Trinajstić information content (AvgIpc) is 2.61. The molecule has 2 atom stereocenters. The van der Waals surface area contributed by atoms with E-state index in [1.807, 2.05) is 6.92 Å². The molecule has 2 unspecified atom stereocenters. The monoisotopic (exact) mass is 179 g/mol. The van der Waals surface area contributed by atoms with Crippen LogP contribution in [0, 0.1) is 17.8 Å². The van der Waals surface area contributed by atoms with Gasteiger partial charge in [-0.1, -0.05) is 5.92 Å². The molecule has 0 aromatic carbocycles. The van der Waals surface area contributed by atoms with E-state index in [1.54, 1.807) is 0 Å². The zero-order valence-electron chi connectivity index (χ0n) is 8.25. The maximum atomic E-state index is 5.65. The number of fused-ring (bicyclic) bond motifs is 1. The quantitative estimate of drug-likeness (QED) is 0.559. The summed E-state index contributed by atoms with van der Waals surface area (Å²) >= 11 is 0. The van der Waals surface area contributed by atoms with Crippen molar-refractivity contribution in [3.63, 3.8) is 0 Å². The Morgan fingerprint density at radius 2 is 2.38 bits per heavy atom. The molecular formula is C11H17NO. The molecule has 2 fully saturated rings. The number of hydrogen-bond donors (Lipinski definition) is 0. The van der Waals surface area contributed by atoms with E-state index in [2.05, 4.69) is 16.7 Å². The molecule has 0 aliphatic carbocycles. The van der Waals surface area contributed by atoms with E-state index in [4.69, 9.17) is 4.74 Å². The van der Waals surface area contributed by atoms with Crippen LogP contribution in [0.3, 0.4) is 0 Å². The van der Waals surface area contributed by atoms with Crippen molar-refractivity contribution in [3.8, 4) is 11.8 Å². The summed E-state index contributed by atoms with van der Waals surface area (Å²) in [4.78, 5) is 2.45.